The number of hydrogen-bond donors (Lipinski definition) is 3. The molecule has 1 aromatic rings. The fourth-order valence-electron chi connectivity index (χ4n) is 4.77. The van der Waals surface area contributed by atoms with Crippen LogP contribution < -0.4 is 16.4 Å². The molecule has 3 atom stereocenters. The molecule has 2 fully saturated rings. The van der Waals surface area contributed by atoms with Crippen molar-refractivity contribution in [3.05, 3.63) is 34.9 Å². The van der Waals surface area contributed by atoms with Gasteiger partial charge in [0.2, 0.25) is 11.8 Å². The van der Waals surface area contributed by atoms with E-state index in [-0.39, 0.29) is 24.1 Å². The number of nitrogens with two attached hydrogens (primary N) is 1. The van der Waals surface area contributed by atoms with Crippen molar-refractivity contribution in [1.82, 2.24) is 15.5 Å². The highest BCUT2D eigenvalue weighted by Crippen LogP contribution is 2.30. The maximum absolute atomic E-state index is 13.1. The van der Waals surface area contributed by atoms with Crippen LogP contribution in [0.5, 0.6) is 0 Å². The largest absolute Gasteiger partial charge is 0.328 e. The summed E-state index contributed by atoms with van der Waals surface area (Å²) in [6.45, 7) is 1.96. The van der Waals surface area contributed by atoms with Gasteiger partial charge in [-0.15, -0.1) is 0 Å². The van der Waals surface area contributed by atoms with Gasteiger partial charge in [0.1, 0.15) is 6.04 Å². The summed E-state index contributed by atoms with van der Waals surface area (Å²) < 4.78 is 0. The summed E-state index contributed by atoms with van der Waals surface area (Å²) in [6, 6.07) is 5.63. The lowest BCUT2D eigenvalue weighted by molar-refractivity contribution is -0.136. The molecule has 150 valence electrons. The summed E-state index contributed by atoms with van der Waals surface area (Å²) in [5.41, 5.74) is 8.70. The molecule has 1 saturated carbocycles. The van der Waals surface area contributed by atoms with Crippen LogP contribution in [0.25, 0.3) is 0 Å². The Bertz CT molecular complexity index is 794. The van der Waals surface area contributed by atoms with Crippen LogP contribution in [-0.4, -0.2) is 41.2 Å². The quantitative estimate of drug-likeness (QED) is 0.659. The molecule has 4 N–H and O–H groups in total. The van der Waals surface area contributed by atoms with Gasteiger partial charge < -0.3 is 16.0 Å². The summed E-state index contributed by atoms with van der Waals surface area (Å²) in [5, 5.41) is 5.85. The Labute approximate surface area is 165 Å². The van der Waals surface area contributed by atoms with Crippen molar-refractivity contribution in [2.75, 3.05) is 6.54 Å². The maximum atomic E-state index is 13.1. The van der Waals surface area contributed by atoms with Gasteiger partial charge in [-0.3, -0.25) is 19.7 Å². The number of nitrogens with zero attached hydrogens (tertiary/aromatic N) is 1. The number of carbonyl (C=O) groups is 3. The fraction of sp³-hybridized carbons (Fsp3) is 0.571. The molecule has 0 bridgehead atoms. The van der Waals surface area contributed by atoms with Crippen molar-refractivity contribution >= 4 is 17.7 Å². The van der Waals surface area contributed by atoms with Crippen LogP contribution in [0.1, 0.15) is 60.0 Å². The first-order valence-electron chi connectivity index (χ1n) is 10.2. The van der Waals surface area contributed by atoms with Crippen LogP contribution in [0.2, 0.25) is 0 Å². The lowest BCUT2D eigenvalue weighted by Gasteiger charge is -2.29. The highest BCUT2D eigenvalue weighted by Gasteiger charge is 2.39. The average Bonchev–Trinajstić information content (AvgIpc) is 2.99. The second-order valence-corrected chi connectivity index (χ2v) is 8.27. The normalized spacial score (nSPS) is 27.7. The first kappa shape index (κ1) is 19.1. The van der Waals surface area contributed by atoms with Crippen LogP contribution in [0.3, 0.4) is 0 Å². The van der Waals surface area contributed by atoms with E-state index in [1.807, 2.05) is 18.2 Å². The van der Waals surface area contributed by atoms with E-state index in [9.17, 15) is 14.4 Å². The molecule has 1 aliphatic carbocycles. The first-order valence-corrected chi connectivity index (χ1v) is 10.2. The van der Waals surface area contributed by atoms with E-state index >= 15 is 0 Å². The minimum atomic E-state index is -0.567. The van der Waals surface area contributed by atoms with Crippen molar-refractivity contribution < 1.29 is 14.4 Å². The molecule has 28 heavy (non-hydrogen) atoms. The molecule has 2 heterocycles. The van der Waals surface area contributed by atoms with Crippen LogP contribution in [0.4, 0.5) is 0 Å². The minimum Gasteiger partial charge on any atom is -0.328 e. The number of fused-ring (bicyclic) bond motifs is 1. The van der Waals surface area contributed by atoms with Crippen LogP contribution in [0.15, 0.2) is 18.2 Å². The summed E-state index contributed by atoms with van der Waals surface area (Å²) >= 11 is 0. The van der Waals surface area contributed by atoms with Crippen molar-refractivity contribution in [3.63, 3.8) is 0 Å². The first-order chi connectivity index (χ1) is 13.5. The molecule has 7 heteroatoms. The molecule has 3 amide bonds. The monoisotopic (exact) mass is 384 g/mol. The second-order valence-electron chi connectivity index (χ2n) is 8.27. The van der Waals surface area contributed by atoms with Gasteiger partial charge in [0.05, 0.1) is 0 Å². The lowest BCUT2D eigenvalue weighted by atomic mass is 9.86. The minimum absolute atomic E-state index is 0.110. The summed E-state index contributed by atoms with van der Waals surface area (Å²) in [5.74, 6) is -0.152. The number of piperidine rings is 1. The SMILES string of the molecule is N[C@@H]1CCC[C@H](CNCc2cccc3c2C(=O)N(C2CCC(=O)NC2=O)C3)C1. The molecular formula is C21H28N4O3. The molecule has 0 aromatic heterocycles. The van der Waals surface area contributed by atoms with E-state index < -0.39 is 6.04 Å². The molecular weight excluding hydrogens is 356 g/mol. The number of imide groups is 1. The van der Waals surface area contributed by atoms with Crippen LogP contribution >= 0.6 is 0 Å². The molecule has 3 aliphatic rings. The summed E-state index contributed by atoms with van der Waals surface area (Å²) in [7, 11) is 0. The smallest absolute Gasteiger partial charge is 0.255 e. The van der Waals surface area contributed by atoms with Gasteiger partial charge >= 0.3 is 0 Å². The van der Waals surface area contributed by atoms with Gasteiger partial charge in [-0.2, -0.15) is 0 Å². The average molecular weight is 384 g/mol. The number of benzene rings is 1. The van der Waals surface area contributed by atoms with Gasteiger partial charge in [-0.05, 0) is 49.3 Å². The van der Waals surface area contributed by atoms with Crippen molar-refractivity contribution in [1.29, 1.82) is 0 Å². The second kappa shape index (κ2) is 8.01. The highest BCUT2D eigenvalue weighted by atomic mass is 16.2. The fourth-order valence-corrected chi connectivity index (χ4v) is 4.77. The zero-order valence-electron chi connectivity index (χ0n) is 16.1. The molecule has 4 rings (SSSR count). The van der Waals surface area contributed by atoms with Crippen molar-refractivity contribution in [2.24, 2.45) is 11.7 Å². The van der Waals surface area contributed by atoms with E-state index in [2.05, 4.69) is 10.6 Å². The third-order valence-electron chi connectivity index (χ3n) is 6.21. The Morgan fingerprint density at radius 1 is 1.18 bits per heavy atom. The molecule has 1 saturated heterocycles. The van der Waals surface area contributed by atoms with Gasteiger partial charge in [-0.1, -0.05) is 24.6 Å². The molecule has 7 nitrogen and oxygen atoms in total. The third-order valence-corrected chi connectivity index (χ3v) is 6.21. The zero-order valence-corrected chi connectivity index (χ0v) is 16.1. The predicted molar refractivity (Wildman–Crippen MR) is 104 cm³/mol. The predicted octanol–water partition coefficient (Wildman–Crippen LogP) is 1.05. The standard InChI is InChI=1S/C21H28N4O3/c22-16-6-1-3-13(9-16)10-23-11-14-4-2-5-15-12-25(21(28)19(14)15)17-7-8-18(26)24-20(17)27/h2,4-5,13,16-17,23H,1,3,6-12,22H2,(H,24,26,27)/t13-,16+,17?/m0/s1. The Morgan fingerprint density at radius 2 is 2.04 bits per heavy atom. The molecule has 2 aliphatic heterocycles. The molecule has 1 aromatic carbocycles. The number of carbonyl (C=O) groups excluding carboxylic acids is 3. The van der Waals surface area contributed by atoms with E-state index in [1.165, 1.54) is 12.8 Å². The van der Waals surface area contributed by atoms with Crippen LogP contribution in [0, 0.1) is 5.92 Å². The van der Waals surface area contributed by atoms with Gasteiger partial charge in [0.15, 0.2) is 0 Å². The Morgan fingerprint density at radius 3 is 2.82 bits per heavy atom. The molecule has 1 unspecified atom stereocenters. The Kier molecular flexibility index (Phi) is 5.46. The molecule has 0 radical (unpaired) electrons. The highest BCUT2D eigenvalue weighted by molar-refractivity contribution is 6.05. The van der Waals surface area contributed by atoms with Gasteiger partial charge in [-0.25, -0.2) is 0 Å². The molecule has 0 spiro atoms. The van der Waals surface area contributed by atoms with Gasteiger partial charge in [0.25, 0.3) is 5.91 Å². The zero-order chi connectivity index (χ0) is 19.7. The Balaban J connectivity index is 1.42. The Hall–Kier alpha value is -2.25. The van der Waals surface area contributed by atoms with E-state index in [4.69, 9.17) is 5.73 Å². The van der Waals surface area contributed by atoms with Crippen molar-refractivity contribution in [3.8, 4) is 0 Å². The third kappa shape index (κ3) is 3.82. The number of rotatable bonds is 5. The number of nitrogens with one attached hydrogen (secondary N) is 2. The van der Waals surface area contributed by atoms with E-state index in [1.54, 1.807) is 4.90 Å². The summed E-state index contributed by atoms with van der Waals surface area (Å²) in [4.78, 5) is 38.3. The van der Waals surface area contributed by atoms with E-state index in [0.29, 0.717) is 37.0 Å². The topological polar surface area (TPSA) is 105 Å². The number of amides is 3. The van der Waals surface area contributed by atoms with E-state index in [0.717, 1.165) is 30.5 Å². The summed E-state index contributed by atoms with van der Waals surface area (Å²) in [6.07, 6.45) is 5.23. The number of hydrogen-bond acceptors (Lipinski definition) is 5. The van der Waals surface area contributed by atoms with Crippen molar-refractivity contribution in [2.45, 2.75) is 63.7 Å². The van der Waals surface area contributed by atoms with Crippen LogP contribution in [-0.2, 0) is 22.7 Å². The maximum Gasteiger partial charge on any atom is 0.255 e. The lowest BCUT2D eigenvalue weighted by Crippen LogP contribution is -2.52. The van der Waals surface area contributed by atoms with Gasteiger partial charge in [0, 0.05) is 31.1 Å².